The predicted octanol–water partition coefficient (Wildman–Crippen LogP) is 5.56. The van der Waals surface area contributed by atoms with E-state index < -0.39 is 9.85 Å². The van der Waals surface area contributed by atoms with Crippen LogP contribution in [-0.2, 0) is 15.6 Å². The van der Waals surface area contributed by atoms with Gasteiger partial charge < -0.3 is 4.74 Å². The van der Waals surface area contributed by atoms with Gasteiger partial charge in [0, 0.05) is 35.1 Å². The third-order valence-electron chi connectivity index (χ3n) is 5.95. The number of nitrogens with zero attached hydrogens (tertiary/aromatic N) is 2. The molecule has 0 aliphatic carbocycles. The largest absolute Gasteiger partial charge is 0.380 e. The van der Waals surface area contributed by atoms with E-state index in [4.69, 9.17) is 4.74 Å². The van der Waals surface area contributed by atoms with Gasteiger partial charge in [0.15, 0.2) is 0 Å². The fourth-order valence-electron chi connectivity index (χ4n) is 3.25. The van der Waals surface area contributed by atoms with Crippen LogP contribution in [0.15, 0.2) is 48.5 Å². The molecule has 0 aliphatic rings. The number of benzene rings is 2. The van der Waals surface area contributed by atoms with Gasteiger partial charge in [-0.15, -0.1) is 0 Å². The van der Waals surface area contributed by atoms with Crippen molar-refractivity contribution in [2.45, 2.75) is 51.4 Å². The second-order valence-electron chi connectivity index (χ2n) is 7.93. The Bertz CT molecular complexity index is 779. The van der Waals surface area contributed by atoms with E-state index in [0.717, 1.165) is 24.0 Å². The van der Waals surface area contributed by atoms with E-state index in [0.29, 0.717) is 13.2 Å². The molecular formula is C22H28N2O5. The molecule has 0 N–H and O–H groups in total. The molecule has 0 bridgehead atoms. The molecule has 2 atom stereocenters. The number of nitro groups is 2. The van der Waals surface area contributed by atoms with Gasteiger partial charge in [0.25, 0.3) is 11.4 Å². The van der Waals surface area contributed by atoms with Crippen LogP contribution >= 0.6 is 0 Å². The number of nitro benzene ring substituents is 2. The normalized spacial score (nSPS) is 15.3. The average molecular weight is 400 g/mol. The quantitative estimate of drug-likeness (QED) is 0.384. The first-order chi connectivity index (χ1) is 13.6. The molecule has 0 aromatic heterocycles. The number of ether oxygens (including phenoxy) is 1. The Morgan fingerprint density at radius 3 is 1.28 bits per heavy atom. The zero-order valence-electron chi connectivity index (χ0n) is 17.4. The van der Waals surface area contributed by atoms with Crippen molar-refractivity contribution in [2.75, 3.05) is 13.2 Å². The van der Waals surface area contributed by atoms with Crippen molar-refractivity contribution >= 4 is 11.4 Å². The molecule has 0 amide bonds. The minimum absolute atomic E-state index is 0.0739. The van der Waals surface area contributed by atoms with Crippen LogP contribution in [-0.4, -0.2) is 23.1 Å². The molecule has 2 rings (SSSR count). The van der Waals surface area contributed by atoms with Gasteiger partial charge in [0.2, 0.25) is 0 Å². The summed E-state index contributed by atoms with van der Waals surface area (Å²) in [6, 6.07) is 13.3. The highest BCUT2D eigenvalue weighted by molar-refractivity contribution is 5.37. The number of hydrogen-bond donors (Lipinski definition) is 0. The maximum Gasteiger partial charge on any atom is 0.269 e. The van der Waals surface area contributed by atoms with Crippen molar-refractivity contribution in [2.24, 2.45) is 0 Å². The van der Waals surface area contributed by atoms with E-state index in [9.17, 15) is 20.2 Å². The molecule has 156 valence electrons. The molecule has 7 nitrogen and oxygen atoms in total. The summed E-state index contributed by atoms with van der Waals surface area (Å²) < 4.78 is 6.14. The Hall–Kier alpha value is -2.80. The third kappa shape index (κ3) is 5.17. The van der Waals surface area contributed by atoms with Gasteiger partial charge in [-0.05, 0) is 24.0 Å². The van der Waals surface area contributed by atoms with Crippen LogP contribution in [0.3, 0.4) is 0 Å². The molecule has 29 heavy (non-hydrogen) atoms. The smallest absolute Gasteiger partial charge is 0.269 e. The van der Waals surface area contributed by atoms with Gasteiger partial charge in [0.05, 0.1) is 23.1 Å². The number of non-ortho nitro benzene ring substituents is 2. The third-order valence-corrected chi connectivity index (χ3v) is 5.95. The summed E-state index contributed by atoms with van der Waals surface area (Å²) >= 11 is 0. The van der Waals surface area contributed by atoms with Gasteiger partial charge in [0.1, 0.15) is 0 Å². The summed E-state index contributed by atoms with van der Waals surface area (Å²) in [6.07, 6.45) is 1.65. The molecular weight excluding hydrogens is 372 g/mol. The lowest BCUT2D eigenvalue weighted by Gasteiger charge is -2.33. The van der Waals surface area contributed by atoms with Crippen molar-refractivity contribution in [1.82, 2.24) is 0 Å². The van der Waals surface area contributed by atoms with Gasteiger partial charge in [-0.1, -0.05) is 52.0 Å². The van der Waals surface area contributed by atoms with Crippen LogP contribution in [0.4, 0.5) is 11.4 Å². The highest BCUT2D eigenvalue weighted by Gasteiger charge is 2.30. The summed E-state index contributed by atoms with van der Waals surface area (Å²) in [5, 5.41) is 21.8. The predicted molar refractivity (Wildman–Crippen MR) is 112 cm³/mol. The molecule has 0 saturated carbocycles. The Morgan fingerprint density at radius 1 is 0.724 bits per heavy atom. The molecule has 0 fully saturated rings. The molecule has 0 aliphatic heterocycles. The Morgan fingerprint density at radius 2 is 1.03 bits per heavy atom. The van der Waals surface area contributed by atoms with Crippen LogP contribution in [0.25, 0.3) is 0 Å². The fraction of sp³-hybridized carbons (Fsp3) is 0.455. The minimum atomic E-state index is -0.402. The summed E-state index contributed by atoms with van der Waals surface area (Å²) in [4.78, 5) is 21.0. The van der Waals surface area contributed by atoms with Crippen LogP contribution in [0.5, 0.6) is 0 Å². The minimum Gasteiger partial charge on any atom is -0.380 e. The lowest BCUT2D eigenvalue weighted by Crippen LogP contribution is -2.33. The highest BCUT2D eigenvalue weighted by Crippen LogP contribution is 2.33. The Labute approximate surface area is 171 Å². The molecule has 7 heteroatoms. The number of rotatable bonds is 10. The van der Waals surface area contributed by atoms with Gasteiger partial charge in [-0.3, -0.25) is 20.2 Å². The van der Waals surface area contributed by atoms with E-state index in [1.165, 1.54) is 24.3 Å². The Kier molecular flexibility index (Phi) is 7.08. The van der Waals surface area contributed by atoms with Crippen LogP contribution < -0.4 is 0 Å². The van der Waals surface area contributed by atoms with Crippen molar-refractivity contribution in [1.29, 1.82) is 0 Å². The maximum absolute atomic E-state index is 10.9. The molecule has 0 spiro atoms. The van der Waals surface area contributed by atoms with Crippen molar-refractivity contribution in [3.63, 3.8) is 0 Å². The van der Waals surface area contributed by atoms with Gasteiger partial charge >= 0.3 is 0 Å². The van der Waals surface area contributed by atoms with Gasteiger partial charge in [-0.2, -0.15) is 0 Å². The van der Waals surface area contributed by atoms with Crippen LogP contribution in [0.1, 0.15) is 51.7 Å². The molecule has 2 unspecified atom stereocenters. The highest BCUT2D eigenvalue weighted by atomic mass is 16.6. The second-order valence-corrected chi connectivity index (χ2v) is 7.93. The van der Waals surface area contributed by atoms with E-state index in [1.54, 1.807) is 24.3 Å². The van der Waals surface area contributed by atoms with E-state index in [1.807, 2.05) is 0 Å². The molecule has 2 aromatic rings. The van der Waals surface area contributed by atoms with E-state index in [-0.39, 0.29) is 22.2 Å². The first-order valence-corrected chi connectivity index (χ1v) is 9.73. The summed E-state index contributed by atoms with van der Waals surface area (Å²) in [5.41, 5.74) is 1.62. The van der Waals surface area contributed by atoms with Crippen LogP contribution in [0, 0.1) is 20.2 Å². The standard InChI is InChI=1S/C22H28N2O5/c1-5-21(3,17-7-11-19(12-8-17)23(25)26)15-29-16-22(4,6-2)18-9-13-20(14-10-18)24(27)28/h7-14H,5-6,15-16H2,1-4H3. The van der Waals surface area contributed by atoms with E-state index in [2.05, 4.69) is 27.7 Å². The number of hydrogen-bond acceptors (Lipinski definition) is 5. The molecule has 0 radical (unpaired) electrons. The zero-order valence-corrected chi connectivity index (χ0v) is 17.4. The summed E-state index contributed by atoms with van der Waals surface area (Å²) in [5.74, 6) is 0. The monoisotopic (exact) mass is 400 g/mol. The van der Waals surface area contributed by atoms with Gasteiger partial charge in [-0.25, -0.2) is 0 Å². The van der Waals surface area contributed by atoms with Crippen molar-refractivity contribution < 1.29 is 14.6 Å². The maximum atomic E-state index is 10.9. The zero-order chi connectivity index (χ0) is 21.7. The molecule has 0 heterocycles. The van der Waals surface area contributed by atoms with Crippen molar-refractivity contribution in [3.8, 4) is 0 Å². The molecule has 0 saturated heterocycles. The summed E-state index contributed by atoms with van der Waals surface area (Å²) in [6.45, 7) is 9.26. The summed E-state index contributed by atoms with van der Waals surface area (Å²) in [7, 11) is 0. The molecule has 2 aromatic carbocycles. The fourth-order valence-corrected chi connectivity index (χ4v) is 3.25. The topological polar surface area (TPSA) is 95.5 Å². The average Bonchev–Trinajstić information content (AvgIpc) is 2.73. The lowest BCUT2D eigenvalue weighted by atomic mass is 9.79. The first kappa shape index (κ1) is 22.5. The Balaban J connectivity index is 2.10. The van der Waals surface area contributed by atoms with E-state index >= 15 is 0 Å². The first-order valence-electron chi connectivity index (χ1n) is 9.73. The second kappa shape index (κ2) is 9.13. The van der Waals surface area contributed by atoms with Crippen LogP contribution in [0.2, 0.25) is 0 Å². The van der Waals surface area contributed by atoms with Crippen molar-refractivity contribution in [3.05, 3.63) is 79.9 Å². The SMILES string of the molecule is CCC(C)(COCC(C)(CC)c1ccc([N+](=O)[O-])cc1)c1ccc([N+](=O)[O-])cc1. The lowest BCUT2D eigenvalue weighted by molar-refractivity contribution is -0.385.